The molecule has 0 atom stereocenters. The van der Waals surface area contributed by atoms with Gasteiger partial charge in [0.15, 0.2) is 0 Å². The molecule has 12 aromatic rings. The van der Waals surface area contributed by atoms with E-state index in [4.69, 9.17) is 16.6 Å². The summed E-state index contributed by atoms with van der Waals surface area (Å²) in [5, 5.41) is 0. The first-order valence-electron chi connectivity index (χ1n) is 34.6. The molecule has 2 aromatic heterocycles. The van der Waals surface area contributed by atoms with Crippen molar-refractivity contribution in [1.82, 2.24) is 14.1 Å². The first-order chi connectivity index (χ1) is 46.2. The number of nitrogens with zero attached hydrogens (tertiary/aromatic N) is 5. The summed E-state index contributed by atoms with van der Waals surface area (Å²) < 4.78 is 125. The van der Waals surface area contributed by atoms with Gasteiger partial charge in [-0.1, -0.05) is 24.3 Å². The number of anilines is 4. The van der Waals surface area contributed by atoms with E-state index in [2.05, 4.69) is 63.1 Å². The zero-order chi connectivity index (χ0) is 68.1. The van der Waals surface area contributed by atoms with Gasteiger partial charge in [-0.05, 0) is 24.1 Å². The number of hydrogen-bond donors (Lipinski definition) is 0. The van der Waals surface area contributed by atoms with E-state index in [0.717, 1.165) is 44.7 Å². The molecular weight excluding hydrogens is 1220 g/mol. The second-order valence-electron chi connectivity index (χ2n) is 23.2. The van der Waals surface area contributed by atoms with Gasteiger partial charge in [0.25, 0.3) is 0 Å². The number of para-hydroxylation sites is 3. The van der Waals surface area contributed by atoms with Crippen molar-refractivity contribution in [3.05, 3.63) is 256 Å². The molecule has 3 aliphatic rings. The summed E-state index contributed by atoms with van der Waals surface area (Å²) in [7, 11) is 0. The maximum absolute atomic E-state index is 10.6. The number of benzene rings is 10. The van der Waals surface area contributed by atoms with Crippen molar-refractivity contribution < 1.29 is 40.5 Å². The molecule has 0 amide bonds. The molecule has 6 nitrogen and oxygen atoms in total. The Kier molecular flexibility index (Phi) is 9.83. The van der Waals surface area contributed by atoms with Gasteiger partial charge in [-0.3, -0.25) is 0 Å². The number of imidazole rings is 1. The normalized spacial score (nSPS) is 15.4. The van der Waals surface area contributed by atoms with Crippen molar-refractivity contribution in [2.45, 2.75) is 67.0 Å². The fourth-order valence-corrected chi connectivity index (χ4v) is 13.7. The Morgan fingerprint density at radius 2 is 1.32 bits per heavy atom. The predicted molar refractivity (Wildman–Crippen MR) is 348 cm³/mol. The number of pyridine rings is 1. The minimum atomic E-state index is -2.78. The summed E-state index contributed by atoms with van der Waals surface area (Å²) in [4.78, 5) is 9.73. The molecule has 3 aliphatic heterocycles. The van der Waals surface area contributed by atoms with Gasteiger partial charge in [0.1, 0.15) is 0 Å². The molecule has 0 aliphatic carbocycles. The van der Waals surface area contributed by atoms with Crippen LogP contribution in [0.3, 0.4) is 0 Å². The van der Waals surface area contributed by atoms with E-state index < -0.39 is 45.3 Å². The summed E-state index contributed by atoms with van der Waals surface area (Å²) in [6.07, 6.45) is -2.23. The number of aromatic nitrogens is 3. The molecule has 0 unspecified atom stereocenters. The molecule has 8 heteroatoms. The van der Waals surface area contributed by atoms with Gasteiger partial charge in [-0.25, -0.2) is 0 Å². The Hall–Kier alpha value is -9.03. The van der Waals surface area contributed by atoms with Crippen LogP contribution in [0.2, 0.25) is 0 Å². The third-order valence-corrected chi connectivity index (χ3v) is 17.4. The Bertz CT molecular complexity index is 5290. The molecular formula is C77H62BN5OPt-2. The Labute approximate surface area is 526 Å². The van der Waals surface area contributed by atoms with E-state index in [0.29, 0.717) is 76.7 Å². The monoisotopic (exact) mass is 1290 g/mol. The van der Waals surface area contributed by atoms with E-state index in [-0.39, 0.29) is 51.5 Å². The van der Waals surface area contributed by atoms with Gasteiger partial charge in [0, 0.05) is 14.0 Å². The molecule has 85 heavy (non-hydrogen) atoms. The Morgan fingerprint density at radius 1 is 0.635 bits per heavy atom. The number of rotatable bonds is 10. The van der Waals surface area contributed by atoms with Crippen molar-refractivity contribution in [2.75, 3.05) is 9.62 Å². The van der Waals surface area contributed by atoms with Crippen LogP contribution >= 0.6 is 0 Å². The fourth-order valence-electron chi connectivity index (χ4n) is 12.7. The zero-order valence-corrected chi connectivity index (χ0v) is 49.5. The van der Waals surface area contributed by atoms with Crippen LogP contribution < -0.4 is 19.8 Å². The summed E-state index contributed by atoms with van der Waals surface area (Å²) in [5.74, 6) is -0.178. The minimum absolute atomic E-state index is 0.000247. The molecule has 5 heterocycles. The molecule has 0 spiro atoms. The molecule has 10 aromatic carbocycles. The molecule has 0 saturated carbocycles. The second kappa shape index (κ2) is 20.4. The van der Waals surface area contributed by atoms with Crippen molar-refractivity contribution >= 4 is 46.4 Å². The Balaban J connectivity index is 0.988. The van der Waals surface area contributed by atoms with E-state index in [1.165, 1.54) is 6.07 Å². The molecule has 416 valence electrons. The van der Waals surface area contributed by atoms with Crippen LogP contribution in [0.25, 0.3) is 89.2 Å². The van der Waals surface area contributed by atoms with E-state index in [1.807, 2.05) is 178 Å². The standard InChI is InChI=1S/C77H62BN5O.Pt/c1-48(2)39-52-41-63(55-29-19-23-49(3)40-55)74(64(42-52)57-43-56(53-25-11-9-12-26-53)44-58(45-57)77(6,7)8)81-47-80(65-34-15-16-35-66(65)81)59-30-21-31-60(46-59)84-76-71(54-27-13-10-14-28-54)51(5)72-62-33-22-32-61-70-50(4)24-20-38-69(70)82-67-36-17-18-37-68(67)83(75(72)79-76)78(82)73(61)62;/h9-36,38,40-45,48H,39H2,1-8H3;/q-2;/i3D3,4D2,5D3,39D2,41D,42D;. The van der Waals surface area contributed by atoms with Crippen LogP contribution in [-0.4, -0.2) is 21.1 Å². The summed E-state index contributed by atoms with van der Waals surface area (Å²) >= 11 is 2.25. The second-order valence-corrected chi connectivity index (χ2v) is 24.2. The third-order valence-electron chi connectivity index (χ3n) is 16.4. The molecule has 0 fully saturated rings. The predicted octanol–water partition coefficient (Wildman–Crippen LogP) is 19.0. The number of hydrogen-bond acceptors (Lipinski definition) is 4. The van der Waals surface area contributed by atoms with Gasteiger partial charge >= 0.3 is 449 Å². The quantitative estimate of drug-likeness (QED) is 0.101. The van der Waals surface area contributed by atoms with Crippen molar-refractivity contribution in [3.63, 3.8) is 0 Å². The molecule has 0 N–H and O–H groups in total. The van der Waals surface area contributed by atoms with Gasteiger partial charge in [-0.15, -0.1) is 6.07 Å². The van der Waals surface area contributed by atoms with Gasteiger partial charge in [0.2, 0.25) is 0 Å². The SMILES string of the molecule is [2H]c1c(-c2cccc(C([2H])([2H])[2H])c2)c(-n2[c](=[Pt])n(-c3[c-]c(Oc4nc5c(c(C([2H])([2H])[2H])c4-c4ccccc4)-c4cccc6c4B4N(c7ccc[c-]c7N45)c4cccc(C([2H])[2H])c4-6)ccc3)c3ccccc32)c(-c2cc(-c3ccccc3)cc(C(C)(C)C)c2)c([2H])c1C([2H])([2H])C(C)C. The molecule has 0 radical (unpaired) electrons. The average Bonchev–Trinajstić information content (AvgIpc) is 1.61. The van der Waals surface area contributed by atoms with Crippen molar-refractivity contribution in [1.29, 1.82) is 0 Å². The molecule has 15 rings (SSSR count). The van der Waals surface area contributed by atoms with Crippen LogP contribution in [0.4, 0.5) is 22.9 Å². The number of fused-ring (bicyclic) bond motifs is 10. The van der Waals surface area contributed by atoms with Gasteiger partial charge in [-0.2, -0.15) is 12.1 Å². The molecule has 0 saturated heterocycles. The maximum atomic E-state index is 10.6. The van der Waals surface area contributed by atoms with Crippen LogP contribution in [0.1, 0.15) is 78.9 Å². The van der Waals surface area contributed by atoms with Crippen molar-refractivity contribution in [3.8, 4) is 89.8 Å². The number of ether oxygens (including phenoxy) is 1. The topological polar surface area (TPSA) is 38.5 Å². The first-order valence-corrected chi connectivity index (χ1v) is 29.6. The third kappa shape index (κ3) is 8.64. The van der Waals surface area contributed by atoms with E-state index in [9.17, 15) is 9.60 Å². The molecule has 0 bridgehead atoms. The average molecular weight is 1290 g/mol. The first kappa shape index (κ1) is 41.1. The van der Waals surface area contributed by atoms with Crippen molar-refractivity contribution in [2.24, 2.45) is 5.92 Å². The van der Waals surface area contributed by atoms with Crippen LogP contribution in [0.5, 0.6) is 11.6 Å². The Morgan fingerprint density at radius 3 is 2.07 bits per heavy atom. The van der Waals surface area contributed by atoms with Crippen LogP contribution in [-0.2, 0) is 31.1 Å². The number of aryl methyl sites for hydroxylation is 2. The van der Waals surface area contributed by atoms with Crippen LogP contribution in [0.15, 0.2) is 212 Å². The summed E-state index contributed by atoms with van der Waals surface area (Å²) in [5.41, 5.74) is 12.7. The fraction of sp³-hybridized carbons (Fsp3) is 0.143. The van der Waals surface area contributed by atoms with Crippen LogP contribution in [0, 0.1) is 42.4 Å². The zero-order valence-electron chi connectivity index (χ0n) is 59.2. The van der Waals surface area contributed by atoms with E-state index in [1.54, 1.807) is 38.1 Å². The van der Waals surface area contributed by atoms with E-state index >= 15 is 0 Å². The van der Waals surface area contributed by atoms with Gasteiger partial charge in [0.05, 0.1) is 0 Å². The van der Waals surface area contributed by atoms with Gasteiger partial charge < -0.3 is 0 Å². The summed E-state index contributed by atoms with van der Waals surface area (Å²) in [6.45, 7) is 2.60. The summed E-state index contributed by atoms with van der Waals surface area (Å²) in [6, 6.07) is 68.9.